The van der Waals surface area contributed by atoms with Crippen LogP contribution in [-0.2, 0) is 4.79 Å². The summed E-state index contributed by atoms with van der Waals surface area (Å²) in [5.74, 6) is 0.0288. The van der Waals surface area contributed by atoms with Gasteiger partial charge in [0.05, 0.1) is 12.7 Å². The lowest BCUT2D eigenvalue weighted by Crippen LogP contribution is -2.35. The highest BCUT2D eigenvalue weighted by Crippen LogP contribution is 2.20. The number of carbonyl (C=O) groups excluding carboxylic acids is 1. The molecule has 2 heterocycles. The van der Waals surface area contributed by atoms with E-state index in [9.17, 15) is 4.79 Å². The number of aromatic nitrogens is 3. The molecule has 6 heteroatoms. The van der Waals surface area contributed by atoms with Crippen LogP contribution < -0.4 is 5.32 Å². The summed E-state index contributed by atoms with van der Waals surface area (Å²) in [6.45, 7) is 3.63. The zero-order valence-corrected chi connectivity index (χ0v) is 12.0. The molecule has 110 valence electrons. The molecule has 3 rings (SSSR count). The summed E-state index contributed by atoms with van der Waals surface area (Å²) in [6.07, 6.45) is 4.01. The molecule has 0 saturated carbocycles. The van der Waals surface area contributed by atoms with Crippen LogP contribution >= 0.6 is 0 Å². The van der Waals surface area contributed by atoms with E-state index in [2.05, 4.69) is 32.6 Å². The van der Waals surface area contributed by atoms with Crippen LogP contribution in [0.15, 0.2) is 30.5 Å². The van der Waals surface area contributed by atoms with Gasteiger partial charge in [-0.15, -0.1) is 0 Å². The molecule has 21 heavy (non-hydrogen) atoms. The van der Waals surface area contributed by atoms with Crippen LogP contribution in [0.2, 0.25) is 0 Å². The number of carbonyl (C=O) groups is 1. The van der Waals surface area contributed by atoms with Gasteiger partial charge in [0.15, 0.2) is 0 Å². The Balaban J connectivity index is 1.65. The van der Waals surface area contributed by atoms with Gasteiger partial charge in [0, 0.05) is 17.3 Å². The molecule has 1 fully saturated rings. The summed E-state index contributed by atoms with van der Waals surface area (Å²) in [4.78, 5) is 14.3. The fraction of sp³-hybridized carbons (Fsp3) is 0.400. The maximum absolute atomic E-state index is 12.1. The van der Waals surface area contributed by atoms with Crippen molar-refractivity contribution < 1.29 is 4.79 Å². The molecule has 1 aromatic heterocycles. The van der Waals surface area contributed by atoms with Gasteiger partial charge in [-0.05, 0) is 38.4 Å². The maximum atomic E-state index is 12.1. The van der Waals surface area contributed by atoms with E-state index in [0.717, 1.165) is 23.5 Å². The Bertz CT molecular complexity index is 610. The molecular formula is C15H19N5O. The van der Waals surface area contributed by atoms with Gasteiger partial charge in [-0.3, -0.25) is 9.69 Å². The second-order valence-corrected chi connectivity index (χ2v) is 5.45. The molecule has 1 aromatic carbocycles. The van der Waals surface area contributed by atoms with Crippen LogP contribution in [0.25, 0.3) is 11.3 Å². The highest BCUT2D eigenvalue weighted by molar-refractivity contribution is 5.92. The summed E-state index contributed by atoms with van der Waals surface area (Å²) in [5.41, 5.74) is 2.47. The van der Waals surface area contributed by atoms with Crippen LogP contribution in [-0.4, -0.2) is 45.3 Å². The molecule has 0 radical (unpaired) electrons. The van der Waals surface area contributed by atoms with E-state index in [1.165, 1.54) is 12.8 Å². The first-order chi connectivity index (χ1) is 10.2. The molecule has 2 aromatic rings. The molecule has 1 aliphatic rings. The highest BCUT2D eigenvalue weighted by atomic mass is 16.2. The van der Waals surface area contributed by atoms with Crippen molar-refractivity contribution in [3.63, 3.8) is 0 Å². The van der Waals surface area contributed by atoms with Crippen molar-refractivity contribution in [3.8, 4) is 11.3 Å². The largest absolute Gasteiger partial charge is 0.325 e. The van der Waals surface area contributed by atoms with Gasteiger partial charge in [0.2, 0.25) is 5.91 Å². The van der Waals surface area contributed by atoms with Gasteiger partial charge in [0.1, 0.15) is 5.69 Å². The molecule has 0 spiro atoms. The Morgan fingerprint density at radius 3 is 3.14 bits per heavy atom. The summed E-state index contributed by atoms with van der Waals surface area (Å²) < 4.78 is 0. The lowest BCUT2D eigenvalue weighted by Gasteiger charge is -2.20. The number of aromatic amines is 1. The van der Waals surface area contributed by atoms with Crippen molar-refractivity contribution in [1.29, 1.82) is 0 Å². The number of amides is 1. The van der Waals surface area contributed by atoms with Gasteiger partial charge < -0.3 is 5.32 Å². The van der Waals surface area contributed by atoms with Crippen LogP contribution in [0.3, 0.4) is 0 Å². The standard InChI is InChI=1S/C15H19N5O/c1-11-4-3-7-20(11)10-15(21)17-13-6-2-5-12(8-13)14-9-16-19-18-14/h2,5-6,8-9,11H,3-4,7,10H2,1H3,(H,17,21)(H,16,18,19). The lowest BCUT2D eigenvalue weighted by atomic mass is 10.1. The monoisotopic (exact) mass is 285 g/mol. The Kier molecular flexibility index (Phi) is 3.96. The molecule has 1 amide bonds. The number of likely N-dealkylation sites (tertiary alicyclic amines) is 1. The molecule has 0 bridgehead atoms. The first-order valence-electron chi connectivity index (χ1n) is 7.22. The number of nitrogens with zero attached hydrogens (tertiary/aromatic N) is 3. The molecule has 0 aliphatic carbocycles. The molecule has 6 nitrogen and oxygen atoms in total. The van der Waals surface area contributed by atoms with E-state index in [4.69, 9.17) is 0 Å². The van der Waals surface area contributed by atoms with Crippen molar-refractivity contribution in [2.45, 2.75) is 25.8 Å². The Morgan fingerprint density at radius 2 is 2.43 bits per heavy atom. The zero-order chi connectivity index (χ0) is 14.7. The highest BCUT2D eigenvalue weighted by Gasteiger charge is 2.22. The number of rotatable bonds is 4. The topological polar surface area (TPSA) is 73.9 Å². The molecule has 1 saturated heterocycles. The second-order valence-electron chi connectivity index (χ2n) is 5.45. The number of hydrogen-bond acceptors (Lipinski definition) is 4. The smallest absolute Gasteiger partial charge is 0.238 e. The molecular weight excluding hydrogens is 266 g/mol. The minimum atomic E-state index is 0.0288. The quantitative estimate of drug-likeness (QED) is 0.899. The Morgan fingerprint density at radius 1 is 1.52 bits per heavy atom. The summed E-state index contributed by atoms with van der Waals surface area (Å²) in [6, 6.07) is 8.13. The summed E-state index contributed by atoms with van der Waals surface area (Å²) in [5, 5.41) is 13.4. The van der Waals surface area contributed by atoms with Crippen LogP contribution in [0.4, 0.5) is 5.69 Å². The number of anilines is 1. The fourth-order valence-corrected chi connectivity index (χ4v) is 2.71. The third-order valence-corrected chi connectivity index (χ3v) is 3.89. The van der Waals surface area contributed by atoms with Gasteiger partial charge in [-0.1, -0.05) is 12.1 Å². The minimum Gasteiger partial charge on any atom is -0.325 e. The van der Waals surface area contributed by atoms with Crippen molar-refractivity contribution in [1.82, 2.24) is 20.3 Å². The second kappa shape index (κ2) is 6.05. The molecule has 2 N–H and O–H groups in total. The van der Waals surface area contributed by atoms with Crippen LogP contribution in [0.1, 0.15) is 19.8 Å². The van der Waals surface area contributed by atoms with E-state index < -0.39 is 0 Å². The van der Waals surface area contributed by atoms with Crippen molar-refractivity contribution >= 4 is 11.6 Å². The molecule has 1 unspecified atom stereocenters. The van der Waals surface area contributed by atoms with Gasteiger partial charge in [-0.25, -0.2) is 0 Å². The normalized spacial score (nSPS) is 18.8. The third kappa shape index (κ3) is 3.28. The predicted octanol–water partition coefficient (Wildman–Crippen LogP) is 1.89. The first kappa shape index (κ1) is 13.8. The summed E-state index contributed by atoms with van der Waals surface area (Å²) >= 11 is 0. The molecule has 1 aliphatic heterocycles. The van der Waals surface area contributed by atoms with Crippen LogP contribution in [0.5, 0.6) is 0 Å². The Hall–Kier alpha value is -2.21. The third-order valence-electron chi connectivity index (χ3n) is 3.89. The Labute approximate surface area is 123 Å². The van der Waals surface area contributed by atoms with E-state index in [1.807, 2.05) is 24.3 Å². The number of hydrogen-bond donors (Lipinski definition) is 2. The average Bonchev–Trinajstić information content (AvgIpc) is 3.12. The van der Waals surface area contributed by atoms with E-state index in [0.29, 0.717) is 12.6 Å². The molecule has 1 atom stereocenters. The van der Waals surface area contributed by atoms with Crippen molar-refractivity contribution in [2.75, 3.05) is 18.4 Å². The summed E-state index contributed by atoms with van der Waals surface area (Å²) in [7, 11) is 0. The van der Waals surface area contributed by atoms with Crippen molar-refractivity contribution in [2.24, 2.45) is 0 Å². The number of benzene rings is 1. The van der Waals surface area contributed by atoms with E-state index in [1.54, 1.807) is 6.20 Å². The first-order valence-corrected chi connectivity index (χ1v) is 7.22. The zero-order valence-electron chi connectivity index (χ0n) is 12.0. The number of H-pyrrole nitrogens is 1. The van der Waals surface area contributed by atoms with E-state index in [-0.39, 0.29) is 5.91 Å². The van der Waals surface area contributed by atoms with Gasteiger partial charge in [-0.2, -0.15) is 15.4 Å². The number of nitrogens with one attached hydrogen (secondary N) is 2. The lowest BCUT2D eigenvalue weighted by molar-refractivity contribution is -0.117. The van der Waals surface area contributed by atoms with Crippen LogP contribution in [0, 0.1) is 0 Å². The van der Waals surface area contributed by atoms with Gasteiger partial charge in [0.25, 0.3) is 0 Å². The van der Waals surface area contributed by atoms with Gasteiger partial charge >= 0.3 is 0 Å². The average molecular weight is 285 g/mol. The minimum absolute atomic E-state index is 0.0288. The predicted molar refractivity (Wildman–Crippen MR) is 80.7 cm³/mol. The van der Waals surface area contributed by atoms with Crippen molar-refractivity contribution in [3.05, 3.63) is 30.5 Å². The van der Waals surface area contributed by atoms with E-state index >= 15 is 0 Å². The maximum Gasteiger partial charge on any atom is 0.238 e. The fourth-order valence-electron chi connectivity index (χ4n) is 2.71. The SMILES string of the molecule is CC1CCCN1CC(=O)Nc1cccc(-c2cn[nH]n2)c1.